The minimum atomic E-state index is -2.66. The Hall–Kier alpha value is -2.32. The van der Waals surface area contributed by atoms with Crippen LogP contribution in [0.3, 0.4) is 0 Å². The molecule has 0 aliphatic carbocycles. The third kappa shape index (κ3) is 5.14. The molecule has 1 aliphatic heterocycles. The van der Waals surface area contributed by atoms with Crippen LogP contribution in [0.4, 0.5) is 20.2 Å². The third-order valence-electron chi connectivity index (χ3n) is 4.04. The Morgan fingerprint density at radius 3 is 2.64 bits per heavy atom. The fourth-order valence-corrected chi connectivity index (χ4v) is 3.71. The van der Waals surface area contributed by atoms with E-state index in [1.54, 1.807) is 35.2 Å². The number of alkyl halides is 2. The number of anilines is 2. The Kier molecular flexibility index (Phi) is 6.74. The van der Waals surface area contributed by atoms with Crippen LogP contribution in [-0.4, -0.2) is 30.7 Å². The molecule has 0 atom stereocenters. The van der Waals surface area contributed by atoms with Gasteiger partial charge in [-0.25, -0.2) is 0 Å². The minimum absolute atomic E-state index is 0.0899. The lowest BCUT2D eigenvalue weighted by molar-refractivity contribution is -0.118. The van der Waals surface area contributed by atoms with Crippen molar-refractivity contribution in [3.05, 3.63) is 47.5 Å². The summed E-state index contributed by atoms with van der Waals surface area (Å²) in [5.74, 6) is -2.61. The molecule has 1 fully saturated rings. The molecule has 0 saturated carbocycles. The van der Waals surface area contributed by atoms with Crippen LogP contribution in [0.1, 0.15) is 12.8 Å². The molecule has 2 aromatic rings. The van der Waals surface area contributed by atoms with Crippen molar-refractivity contribution in [2.45, 2.75) is 23.5 Å². The van der Waals surface area contributed by atoms with E-state index in [9.17, 15) is 18.4 Å². The normalized spacial score (nSPS) is 13.9. The summed E-state index contributed by atoms with van der Waals surface area (Å²) >= 11 is 6.21. The van der Waals surface area contributed by atoms with E-state index in [4.69, 9.17) is 16.3 Å². The number of thioether (sulfide) groups is 1. The molecule has 9 heteroatoms. The van der Waals surface area contributed by atoms with E-state index in [1.165, 1.54) is 12.1 Å². The number of nitrogens with zero attached hydrogens (tertiary/aromatic N) is 1. The first kappa shape index (κ1) is 20.4. The number of rotatable bonds is 7. The number of ether oxygens (including phenoxy) is 1. The highest BCUT2D eigenvalue weighted by atomic mass is 35.5. The zero-order valence-corrected chi connectivity index (χ0v) is 16.2. The first-order valence-corrected chi connectivity index (χ1v) is 9.76. The van der Waals surface area contributed by atoms with Crippen LogP contribution in [0.2, 0.25) is 5.02 Å². The molecule has 148 valence electrons. The summed E-state index contributed by atoms with van der Waals surface area (Å²) in [7, 11) is 0. The van der Waals surface area contributed by atoms with E-state index in [0.29, 0.717) is 18.7 Å². The molecular weight excluding hydrogens is 410 g/mol. The highest BCUT2D eigenvalue weighted by molar-refractivity contribution is 7.99. The van der Waals surface area contributed by atoms with E-state index in [0.717, 1.165) is 12.1 Å². The van der Waals surface area contributed by atoms with Crippen molar-refractivity contribution in [1.29, 1.82) is 0 Å². The number of amides is 2. The summed E-state index contributed by atoms with van der Waals surface area (Å²) in [4.78, 5) is 25.7. The fourth-order valence-electron chi connectivity index (χ4n) is 2.79. The molecule has 28 heavy (non-hydrogen) atoms. The molecule has 0 bridgehead atoms. The molecule has 0 spiro atoms. The first-order valence-electron chi connectivity index (χ1n) is 8.50. The van der Waals surface area contributed by atoms with Crippen LogP contribution >= 0.6 is 23.4 Å². The van der Waals surface area contributed by atoms with Gasteiger partial charge in [0, 0.05) is 18.7 Å². The van der Waals surface area contributed by atoms with E-state index >= 15 is 0 Å². The lowest BCUT2D eigenvalue weighted by atomic mass is 10.3. The predicted molar refractivity (Wildman–Crippen MR) is 105 cm³/mol. The van der Waals surface area contributed by atoms with Gasteiger partial charge in [-0.3, -0.25) is 9.59 Å². The number of hydrogen-bond donors (Lipinski definition) is 1. The quantitative estimate of drug-likeness (QED) is 0.646. The number of hydrogen-bond acceptors (Lipinski definition) is 4. The van der Waals surface area contributed by atoms with Crippen LogP contribution in [0.15, 0.2) is 47.4 Å². The summed E-state index contributed by atoms with van der Waals surface area (Å²) in [6, 6.07) is 11.4. The lowest BCUT2D eigenvalue weighted by Crippen LogP contribution is -2.23. The topological polar surface area (TPSA) is 58.6 Å². The number of carbonyl (C=O) groups is 2. The molecule has 0 aromatic heterocycles. The number of halogens is 3. The van der Waals surface area contributed by atoms with Gasteiger partial charge in [-0.1, -0.05) is 29.4 Å². The molecule has 1 heterocycles. The van der Waals surface area contributed by atoms with Crippen LogP contribution in [0.25, 0.3) is 0 Å². The van der Waals surface area contributed by atoms with Crippen molar-refractivity contribution in [3.63, 3.8) is 0 Å². The Bertz CT molecular complexity index is 865. The van der Waals surface area contributed by atoms with Gasteiger partial charge in [-0.05, 0) is 42.8 Å². The average Bonchev–Trinajstić information content (AvgIpc) is 3.09. The van der Waals surface area contributed by atoms with E-state index in [-0.39, 0.29) is 39.9 Å². The van der Waals surface area contributed by atoms with Gasteiger partial charge < -0.3 is 15.0 Å². The highest BCUT2D eigenvalue weighted by Gasteiger charge is 2.21. The Morgan fingerprint density at radius 1 is 1.25 bits per heavy atom. The second kappa shape index (κ2) is 9.25. The van der Waals surface area contributed by atoms with Crippen molar-refractivity contribution >= 4 is 46.6 Å². The van der Waals surface area contributed by atoms with E-state index < -0.39 is 11.7 Å². The van der Waals surface area contributed by atoms with Gasteiger partial charge >= 0.3 is 0 Å². The molecular formula is C19H17ClF2N2O3S. The third-order valence-corrected chi connectivity index (χ3v) is 5.32. The maximum absolute atomic E-state index is 12.7. The van der Waals surface area contributed by atoms with E-state index in [1.807, 2.05) is 0 Å². The van der Waals surface area contributed by atoms with Crippen molar-refractivity contribution in [3.8, 4) is 5.75 Å². The zero-order chi connectivity index (χ0) is 20.1. The van der Waals surface area contributed by atoms with Gasteiger partial charge in [0.25, 0.3) is 11.7 Å². The molecule has 0 unspecified atom stereocenters. The molecule has 5 nitrogen and oxygen atoms in total. The standard InChI is InChI=1S/C19H17ClF2N2O3S/c20-14-3-1-4-15(18(14)28-19(21)22)23-16(25)11-27-13-8-6-12(7-9-13)24-10-2-5-17(24)26/h1,3-4,6-9,19H,2,5,10-11H2,(H,23,25). The van der Waals surface area contributed by atoms with Crippen molar-refractivity contribution in [2.24, 2.45) is 0 Å². The molecule has 1 N–H and O–H groups in total. The number of nitrogens with one attached hydrogen (secondary N) is 1. The zero-order valence-electron chi connectivity index (χ0n) is 14.7. The minimum Gasteiger partial charge on any atom is -0.484 e. The van der Waals surface area contributed by atoms with Gasteiger partial charge in [0.05, 0.1) is 15.6 Å². The summed E-state index contributed by atoms with van der Waals surface area (Å²) < 4.78 is 30.8. The van der Waals surface area contributed by atoms with Gasteiger partial charge in [-0.2, -0.15) is 8.78 Å². The molecule has 3 rings (SSSR count). The van der Waals surface area contributed by atoms with Crippen molar-refractivity contribution in [2.75, 3.05) is 23.4 Å². The SMILES string of the molecule is O=C(COc1ccc(N2CCCC2=O)cc1)Nc1cccc(Cl)c1SC(F)F. The molecule has 1 aliphatic rings. The monoisotopic (exact) mass is 426 g/mol. The van der Waals surface area contributed by atoms with Crippen LogP contribution in [0, 0.1) is 0 Å². The van der Waals surface area contributed by atoms with Gasteiger partial charge in [0.1, 0.15) is 5.75 Å². The summed E-state index contributed by atoms with van der Waals surface area (Å²) in [5.41, 5.74) is 0.987. The maximum Gasteiger partial charge on any atom is 0.289 e. The fraction of sp³-hybridized carbons (Fsp3) is 0.263. The predicted octanol–water partition coefficient (Wildman–Crippen LogP) is 4.80. The maximum atomic E-state index is 12.7. The molecule has 2 amide bonds. The smallest absolute Gasteiger partial charge is 0.289 e. The molecule has 1 saturated heterocycles. The number of carbonyl (C=O) groups excluding carboxylic acids is 2. The summed E-state index contributed by atoms with van der Waals surface area (Å²) in [5, 5.41) is 2.67. The second-order valence-electron chi connectivity index (χ2n) is 5.97. The average molecular weight is 427 g/mol. The van der Waals surface area contributed by atoms with Crippen molar-refractivity contribution < 1.29 is 23.1 Å². The molecule has 2 aromatic carbocycles. The molecule has 0 radical (unpaired) electrons. The van der Waals surface area contributed by atoms with Crippen LogP contribution in [-0.2, 0) is 9.59 Å². The van der Waals surface area contributed by atoms with Crippen molar-refractivity contribution in [1.82, 2.24) is 0 Å². The lowest BCUT2D eigenvalue weighted by Gasteiger charge is -2.16. The Morgan fingerprint density at radius 2 is 2.00 bits per heavy atom. The second-order valence-corrected chi connectivity index (χ2v) is 7.38. The Labute approximate surface area is 170 Å². The van der Waals surface area contributed by atoms with Crippen LogP contribution in [0.5, 0.6) is 5.75 Å². The summed E-state index contributed by atoms with van der Waals surface area (Å²) in [6.07, 6.45) is 1.39. The number of benzene rings is 2. The first-order chi connectivity index (χ1) is 13.4. The van der Waals surface area contributed by atoms with Crippen LogP contribution < -0.4 is 15.0 Å². The van der Waals surface area contributed by atoms with Gasteiger partial charge in [-0.15, -0.1) is 0 Å². The summed E-state index contributed by atoms with van der Waals surface area (Å²) in [6.45, 7) is 0.396. The van der Waals surface area contributed by atoms with Gasteiger partial charge in [0.15, 0.2) is 6.61 Å². The largest absolute Gasteiger partial charge is 0.484 e. The van der Waals surface area contributed by atoms with E-state index in [2.05, 4.69) is 5.32 Å². The highest BCUT2D eigenvalue weighted by Crippen LogP contribution is 2.37. The van der Waals surface area contributed by atoms with Gasteiger partial charge in [0.2, 0.25) is 5.91 Å². The Balaban J connectivity index is 1.57.